The van der Waals surface area contributed by atoms with Gasteiger partial charge in [-0.1, -0.05) is 26.0 Å². The van der Waals surface area contributed by atoms with Crippen molar-refractivity contribution in [2.45, 2.75) is 51.5 Å². The van der Waals surface area contributed by atoms with Gasteiger partial charge in [0.15, 0.2) is 0 Å². The van der Waals surface area contributed by atoms with E-state index in [0.717, 1.165) is 18.4 Å². The van der Waals surface area contributed by atoms with Crippen LogP contribution < -0.4 is 4.72 Å². The summed E-state index contributed by atoms with van der Waals surface area (Å²) in [6, 6.07) is 6.95. The summed E-state index contributed by atoms with van der Waals surface area (Å²) in [4.78, 5) is 13.5. The molecule has 0 saturated heterocycles. The highest BCUT2D eigenvalue weighted by molar-refractivity contribution is 7.89. The molecular weight excluding hydrogens is 300 g/mol. The van der Waals surface area contributed by atoms with E-state index in [4.69, 9.17) is 0 Å². The van der Waals surface area contributed by atoms with Crippen molar-refractivity contribution in [3.8, 4) is 0 Å². The van der Waals surface area contributed by atoms with Crippen molar-refractivity contribution in [1.82, 2.24) is 9.62 Å². The van der Waals surface area contributed by atoms with E-state index < -0.39 is 10.0 Å². The summed E-state index contributed by atoms with van der Waals surface area (Å²) in [5.41, 5.74) is 1.10. The van der Waals surface area contributed by atoms with Crippen molar-refractivity contribution in [2.24, 2.45) is 0 Å². The highest BCUT2D eigenvalue weighted by Gasteiger charge is 2.17. The summed E-state index contributed by atoms with van der Waals surface area (Å²) in [6.45, 7) is 8.06. The van der Waals surface area contributed by atoms with Gasteiger partial charge in [-0.3, -0.25) is 4.79 Å². The molecule has 6 heteroatoms. The average molecular weight is 326 g/mol. The van der Waals surface area contributed by atoms with Gasteiger partial charge in [-0.2, -0.15) is 0 Å². The zero-order chi connectivity index (χ0) is 16.8. The Morgan fingerprint density at radius 3 is 2.27 bits per heavy atom. The zero-order valence-electron chi connectivity index (χ0n) is 13.8. The third-order valence-corrected chi connectivity index (χ3v) is 5.29. The maximum atomic E-state index is 12.2. The number of sulfonamides is 1. The molecule has 22 heavy (non-hydrogen) atoms. The van der Waals surface area contributed by atoms with Gasteiger partial charge in [-0.05, 0) is 37.5 Å². The Kier molecular flexibility index (Phi) is 7.03. The van der Waals surface area contributed by atoms with Gasteiger partial charge < -0.3 is 4.90 Å². The van der Waals surface area contributed by atoms with Crippen LogP contribution in [0.4, 0.5) is 0 Å². The monoisotopic (exact) mass is 326 g/mol. The third kappa shape index (κ3) is 5.10. The summed E-state index contributed by atoms with van der Waals surface area (Å²) in [7, 11) is -3.53. The lowest BCUT2D eigenvalue weighted by atomic mass is 10.2. The van der Waals surface area contributed by atoms with Gasteiger partial charge in [0.1, 0.15) is 0 Å². The van der Waals surface area contributed by atoms with Crippen molar-refractivity contribution in [3.63, 3.8) is 0 Å². The van der Waals surface area contributed by atoms with Gasteiger partial charge in [-0.15, -0.1) is 0 Å². The van der Waals surface area contributed by atoms with E-state index in [1.165, 1.54) is 6.92 Å². The molecule has 0 aliphatic heterocycles. The van der Waals surface area contributed by atoms with Crippen LogP contribution in [0.3, 0.4) is 0 Å². The fourth-order valence-corrected chi connectivity index (χ4v) is 3.22. The molecule has 1 amide bonds. The first-order valence-corrected chi connectivity index (χ1v) is 9.16. The first-order chi connectivity index (χ1) is 10.3. The fraction of sp³-hybridized carbons (Fsp3) is 0.562. The van der Waals surface area contributed by atoms with Gasteiger partial charge in [0, 0.05) is 26.1 Å². The first-order valence-electron chi connectivity index (χ1n) is 7.67. The van der Waals surface area contributed by atoms with Crippen molar-refractivity contribution >= 4 is 15.9 Å². The molecule has 0 saturated carbocycles. The Bertz CT molecular complexity index is 582. The Labute approximate surface area is 133 Å². The largest absolute Gasteiger partial charge is 0.339 e. The molecule has 1 unspecified atom stereocenters. The molecule has 0 aliphatic carbocycles. The molecule has 1 aromatic carbocycles. The van der Waals surface area contributed by atoms with E-state index in [-0.39, 0.29) is 23.4 Å². The number of hydrogen-bond donors (Lipinski definition) is 1. The molecule has 1 atom stereocenters. The summed E-state index contributed by atoms with van der Waals surface area (Å²) >= 11 is 0. The minimum atomic E-state index is -3.53. The lowest BCUT2D eigenvalue weighted by Crippen LogP contribution is -2.42. The van der Waals surface area contributed by atoms with Crippen molar-refractivity contribution in [3.05, 3.63) is 29.8 Å². The number of carbonyl (C=O) groups excluding carboxylic acids is 1. The van der Waals surface area contributed by atoms with Crippen LogP contribution in [-0.4, -0.2) is 38.4 Å². The zero-order valence-corrected chi connectivity index (χ0v) is 14.6. The molecule has 0 heterocycles. The smallest absolute Gasteiger partial charge is 0.240 e. The number of hydrogen-bond acceptors (Lipinski definition) is 3. The maximum absolute atomic E-state index is 12.2. The summed E-state index contributed by atoms with van der Waals surface area (Å²) in [5, 5.41) is 0. The number of nitrogens with one attached hydrogen (secondary N) is 1. The molecule has 124 valence electrons. The molecule has 0 radical (unpaired) electrons. The van der Waals surface area contributed by atoms with E-state index in [2.05, 4.69) is 4.72 Å². The molecule has 5 nitrogen and oxygen atoms in total. The number of carbonyl (C=O) groups is 1. The van der Waals surface area contributed by atoms with Gasteiger partial charge >= 0.3 is 0 Å². The molecule has 0 spiro atoms. The number of benzene rings is 1. The van der Waals surface area contributed by atoms with Crippen LogP contribution in [0.5, 0.6) is 0 Å². The number of aryl methyl sites for hydroxylation is 1. The predicted molar refractivity (Wildman–Crippen MR) is 88.1 cm³/mol. The van der Waals surface area contributed by atoms with E-state index >= 15 is 0 Å². The minimum absolute atomic E-state index is 0.0409. The number of amides is 1. The number of rotatable bonds is 8. The van der Waals surface area contributed by atoms with Gasteiger partial charge in [0.2, 0.25) is 15.9 Å². The van der Waals surface area contributed by atoms with Crippen LogP contribution in [0, 0.1) is 0 Å². The second-order valence-corrected chi connectivity index (χ2v) is 7.13. The molecular formula is C16H26N2O3S. The fourth-order valence-electron chi connectivity index (χ4n) is 2.20. The van der Waals surface area contributed by atoms with E-state index in [1.54, 1.807) is 17.0 Å². The molecule has 1 aromatic rings. The highest BCUT2D eigenvalue weighted by atomic mass is 32.2. The summed E-state index contributed by atoms with van der Waals surface area (Å²) < 4.78 is 27.0. The quantitative estimate of drug-likeness (QED) is 0.796. The predicted octanol–water partition coefficient (Wildman–Crippen LogP) is 2.17. The lowest BCUT2D eigenvalue weighted by Gasteiger charge is -2.27. The SMILES string of the molecule is CCc1ccc(S(=O)(=O)NCCN(C(C)=O)C(C)CC)cc1. The third-order valence-electron chi connectivity index (χ3n) is 3.81. The molecule has 0 aromatic heterocycles. The molecule has 1 rings (SSSR count). The Hall–Kier alpha value is -1.40. The maximum Gasteiger partial charge on any atom is 0.240 e. The molecule has 0 fully saturated rings. The summed E-state index contributed by atoms with van der Waals surface area (Å²) in [6.07, 6.45) is 1.71. The average Bonchev–Trinajstić information content (AvgIpc) is 2.50. The van der Waals surface area contributed by atoms with Crippen LogP contribution in [0.1, 0.15) is 39.7 Å². The van der Waals surface area contributed by atoms with Crippen LogP contribution in [-0.2, 0) is 21.2 Å². The van der Waals surface area contributed by atoms with Gasteiger partial charge in [0.05, 0.1) is 4.90 Å². The topological polar surface area (TPSA) is 66.5 Å². The van der Waals surface area contributed by atoms with Gasteiger partial charge in [-0.25, -0.2) is 13.1 Å². The van der Waals surface area contributed by atoms with E-state index in [9.17, 15) is 13.2 Å². The van der Waals surface area contributed by atoms with Crippen LogP contribution in [0.15, 0.2) is 29.2 Å². The van der Waals surface area contributed by atoms with Crippen LogP contribution >= 0.6 is 0 Å². The Balaban J connectivity index is 2.66. The molecule has 0 bridgehead atoms. The van der Waals surface area contributed by atoms with Gasteiger partial charge in [0.25, 0.3) is 0 Å². The van der Waals surface area contributed by atoms with Crippen molar-refractivity contribution in [2.75, 3.05) is 13.1 Å². The standard InChI is InChI=1S/C16H26N2O3S/c1-5-13(3)18(14(4)19)12-11-17-22(20,21)16-9-7-15(6-2)8-10-16/h7-10,13,17H,5-6,11-12H2,1-4H3. The van der Waals surface area contributed by atoms with Crippen molar-refractivity contribution in [1.29, 1.82) is 0 Å². The first kappa shape index (κ1) is 18.6. The molecule has 0 aliphatic rings. The van der Waals surface area contributed by atoms with E-state index in [0.29, 0.717) is 6.54 Å². The Morgan fingerprint density at radius 1 is 1.23 bits per heavy atom. The molecule has 1 N–H and O–H groups in total. The van der Waals surface area contributed by atoms with E-state index in [1.807, 2.05) is 32.9 Å². The van der Waals surface area contributed by atoms with Crippen LogP contribution in [0.25, 0.3) is 0 Å². The lowest BCUT2D eigenvalue weighted by molar-refractivity contribution is -0.130. The van der Waals surface area contributed by atoms with Crippen LogP contribution in [0.2, 0.25) is 0 Å². The minimum Gasteiger partial charge on any atom is -0.339 e. The van der Waals surface area contributed by atoms with Crippen molar-refractivity contribution < 1.29 is 13.2 Å². The highest BCUT2D eigenvalue weighted by Crippen LogP contribution is 2.11. The second kappa shape index (κ2) is 8.29. The second-order valence-electron chi connectivity index (χ2n) is 5.36. The normalized spacial score (nSPS) is 12.9. The number of nitrogens with zero attached hydrogens (tertiary/aromatic N) is 1. The Morgan fingerprint density at radius 2 is 1.82 bits per heavy atom. The summed E-state index contributed by atoms with van der Waals surface area (Å²) in [5.74, 6) is -0.0409.